The lowest BCUT2D eigenvalue weighted by molar-refractivity contribution is -0.146. The fourth-order valence-electron chi connectivity index (χ4n) is 2.13. The van der Waals surface area contributed by atoms with Crippen LogP contribution in [0, 0.1) is 0 Å². The largest absolute Gasteiger partial charge is 0.479 e. The molecule has 0 bridgehead atoms. The summed E-state index contributed by atoms with van der Waals surface area (Å²) < 4.78 is 5.23. The average Bonchev–Trinajstić information content (AvgIpc) is 3.05. The summed E-state index contributed by atoms with van der Waals surface area (Å²) in [6.07, 6.45) is 3.59. The molecule has 0 saturated carbocycles. The molecule has 2 rings (SSSR count). The van der Waals surface area contributed by atoms with Crippen molar-refractivity contribution in [3.63, 3.8) is 0 Å². The summed E-state index contributed by atoms with van der Waals surface area (Å²) in [6, 6.07) is 2.58. The number of carbonyl (C=O) groups is 3. The predicted molar refractivity (Wildman–Crippen MR) is 76.8 cm³/mol. The van der Waals surface area contributed by atoms with E-state index < -0.39 is 12.0 Å². The monoisotopic (exact) mass is 309 g/mol. The highest BCUT2D eigenvalue weighted by Gasteiger charge is 2.33. The van der Waals surface area contributed by atoms with Crippen LogP contribution in [0.15, 0.2) is 34.5 Å². The number of rotatable bonds is 5. The molecule has 0 saturated heterocycles. The van der Waals surface area contributed by atoms with Gasteiger partial charge in [-0.15, -0.1) is 0 Å². The Bertz CT molecular complexity index is 578. The third-order valence-electron chi connectivity index (χ3n) is 3.06. The molecule has 0 fully saturated rings. The van der Waals surface area contributed by atoms with Crippen LogP contribution in [0.5, 0.6) is 0 Å². The van der Waals surface area contributed by atoms with Crippen molar-refractivity contribution in [1.29, 1.82) is 0 Å². The molecule has 6 nitrogen and oxygen atoms in total. The Morgan fingerprint density at radius 1 is 1.48 bits per heavy atom. The van der Waals surface area contributed by atoms with Crippen LogP contribution in [0.1, 0.15) is 12.7 Å². The van der Waals surface area contributed by atoms with E-state index in [1.165, 1.54) is 11.8 Å². The quantitative estimate of drug-likeness (QED) is 0.825. The van der Waals surface area contributed by atoms with E-state index in [1.807, 2.05) is 0 Å². The van der Waals surface area contributed by atoms with Crippen molar-refractivity contribution >= 4 is 28.8 Å². The first-order valence-electron chi connectivity index (χ1n) is 6.35. The van der Waals surface area contributed by atoms with Gasteiger partial charge in [0.15, 0.2) is 5.12 Å². The van der Waals surface area contributed by atoms with E-state index in [1.54, 1.807) is 24.5 Å². The summed E-state index contributed by atoms with van der Waals surface area (Å²) in [4.78, 5) is 35.5. The zero-order valence-corrected chi connectivity index (χ0v) is 12.3. The molecule has 2 heterocycles. The Balaban J connectivity index is 2.04. The van der Waals surface area contributed by atoms with Crippen LogP contribution in [0.3, 0.4) is 0 Å². The van der Waals surface area contributed by atoms with E-state index in [2.05, 4.69) is 0 Å². The van der Waals surface area contributed by atoms with E-state index in [9.17, 15) is 19.5 Å². The molecule has 1 aliphatic heterocycles. The molecule has 1 atom stereocenters. The van der Waals surface area contributed by atoms with Crippen LogP contribution in [-0.2, 0) is 20.8 Å². The Morgan fingerprint density at radius 2 is 2.24 bits per heavy atom. The topological polar surface area (TPSA) is 87.8 Å². The molecule has 1 aromatic rings. The van der Waals surface area contributed by atoms with Gasteiger partial charge >= 0.3 is 5.97 Å². The second-order valence-corrected chi connectivity index (χ2v) is 5.82. The van der Waals surface area contributed by atoms with Gasteiger partial charge in [0.05, 0.1) is 12.0 Å². The molecule has 7 heteroatoms. The maximum absolute atomic E-state index is 12.0. The van der Waals surface area contributed by atoms with E-state index in [-0.39, 0.29) is 23.3 Å². The summed E-state index contributed by atoms with van der Waals surface area (Å²) in [5, 5.41) is 9.05. The van der Waals surface area contributed by atoms with Gasteiger partial charge in [0, 0.05) is 19.9 Å². The van der Waals surface area contributed by atoms with Crippen molar-refractivity contribution in [3.05, 3.63) is 35.8 Å². The summed E-state index contributed by atoms with van der Waals surface area (Å²) >= 11 is 0.882. The van der Waals surface area contributed by atoms with Crippen molar-refractivity contribution in [2.75, 3.05) is 12.3 Å². The van der Waals surface area contributed by atoms with Crippen LogP contribution in [0.4, 0.5) is 0 Å². The van der Waals surface area contributed by atoms with Crippen molar-refractivity contribution in [1.82, 2.24) is 4.90 Å². The Hall–Kier alpha value is -2.02. The SMILES string of the molecule is CC(=O)SCC(=O)N1CC(Cc2ccco2)=C[C@H]1C(=O)O. The van der Waals surface area contributed by atoms with Gasteiger partial charge in [-0.3, -0.25) is 9.59 Å². The highest BCUT2D eigenvalue weighted by Crippen LogP contribution is 2.22. The first-order chi connectivity index (χ1) is 9.97. The summed E-state index contributed by atoms with van der Waals surface area (Å²) in [7, 11) is 0. The van der Waals surface area contributed by atoms with Gasteiger partial charge in [-0.05, 0) is 23.8 Å². The molecule has 0 aliphatic carbocycles. The number of amides is 1. The van der Waals surface area contributed by atoms with Crippen LogP contribution in [0.2, 0.25) is 0 Å². The number of nitrogens with zero attached hydrogens (tertiary/aromatic N) is 1. The Labute approximate surface area is 125 Å². The Morgan fingerprint density at radius 3 is 2.81 bits per heavy atom. The molecule has 1 amide bonds. The number of thioether (sulfide) groups is 1. The van der Waals surface area contributed by atoms with Gasteiger partial charge in [0.2, 0.25) is 5.91 Å². The molecule has 0 unspecified atom stereocenters. The van der Waals surface area contributed by atoms with E-state index in [4.69, 9.17) is 4.42 Å². The molecule has 0 radical (unpaired) electrons. The zero-order chi connectivity index (χ0) is 15.4. The van der Waals surface area contributed by atoms with E-state index in [0.29, 0.717) is 6.42 Å². The lowest BCUT2D eigenvalue weighted by Gasteiger charge is -2.21. The minimum atomic E-state index is -1.08. The normalized spacial score (nSPS) is 17.7. The van der Waals surface area contributed by atoms with Crippen molar-refractivity contribution in [3.8, 4) is 0 Å². The minimum Gasteiger partial charge on any atom is -0.479 e. The molecular weight excluding hydrogens is 294 g/mol. The number of carbonyl (C=O) groups excluding carboxylic acids is 2. The maximum atomic E-state index is 12.0. The van der Waals surface area contributed by atoms with Gasteiger partial charge < -0.3 is 14.4 Å². The smallest absolute Gasteiger partial charge is 0.330 e. The predicted octanol–water partition coefficient (Wildman–Crippen LogP) is 1.32. The van der Waals surface area contributed by atoms with E-state index >= 15 is 0 Å². The summed E-state index contributed by atoms with van der Waals surface area (Å²) in [5.41, 5.74) is 0.818. The fraction of sp³-hybridized carbons (Fsp3) is 0.357. The molecule has 112 valence electrons. The van der Waals surface area contributed by atoms with Gasteiger partial charge in [-0.2, -0.15) is 0 Å². The van der Waals surface area contributed by atoms with Crippen molar-refractivity contribution in [2.24, 2.45) is 0 Å². The molecule has 1 N–H and O–H groups in total. The van der Waals surface area contributed by atoms with Crippen LogP contribution < -0.4 is 0 Å². The number of carboxylic acids is 1. The van der Waals surface area contributed by atoms with Gasteiger partial charge in [-0.25, -0.2) is 4.79 Å². The second kappa shape index (κ2) is 6.62. The first kappa shape index (κ1) is 15.4. The lowest BCUT2D eigenvalue weighted by Crippen LogP contribution is -2.42. The molecule has 0 aromatic carbocycles. The zero-order valence-electron chi connectivity index (χ0n) is 11.4. The number of hydrogen-bond donors (Lipinski definition) is 1. The van der Waals surface area contributed by atoms with Gasteiger partial charge in [-0.1, -0.05) is 11.8 Å². The average molecular weight is 309 g/mol. The Kier molecular flexibility index (Phi) is 4.85. The summed E-state index contributed by atoms with van der Waals surface area (Å²) in [5.74, 6) is -0.752. The minimum absolute atomic E-state index is 0.0407. The molecule has 1 aliphatic rings. The summed E-state index contributed by atoms with van der Waals surface area (Å²) in [6.45, 7) is 1.62. The third-order valence-corrected chi connectivity index (χ3v) is 3.85. The second-order valence-electron chi connectivity index (χ2n) is 4.67. The number of hydrogen-bond acceptors (Lipinski definition) is 5. The number of aliphatic carboxylic acids is 1. The maximum Gasteiger partial charge on any atom is 0.330 e. The lowest BCUT2D eigenvalue weighted by atomic mass is 10.1. The number of furan rings is 1. The van der Waals surface area contributed by atoms with Crippen molar-refractivity contribution < 1.29 is 23.9 Å². The van der Waals surface area contributed by atoms with Gasteiger partial charge in [0.1, 0.15) is 11.8 Å². The fourth-order valence-corrected chi connectivity index (χ4v) is 2.62. The first-order valence-corrected chi connectivity index (χ1v) is 7.33. The highest BCUT2D eigenvalue weighted by atomic mass is 32.2. The molecule has 21 heavy (non-hydrogen) atoms. The van der Waals surface area contributed by atoms with E-state index in [0.717, 1.165) is 23.1 Å². The van der Waals surface area contributed by atoms with Crippen molar-refractivity contribution in [2.45, 2.75) is 19.4 Å². The molecule has 1 aromatic heterocycles. The molecule has 0 spiro atoms. The van der Waals surface area contributed by atoms with Crippen LogP contribution in [0.25, 0.3) is 0 Å². The highest BCUT2D eigenvalue weighted by molar-refractivity contribution is 8.14. The number of carboxylic acid groups (broad SMARTS) is 1. The standard InChI is InChI=1S/C14H15NO5S/c1-9(16)21-8-13(17)15-7-10(6-12(15)14(18)19)5-11-3-2-4-20-11/h2-4,6,12H,5,7-8H2,1H3,(H,18,19)/t12-/m0/s1. The van der Waals surface area contributed by atoms with Crippen LogP contribution in [-0.4, -0.2) is 45.3 Å². The molecular formula is C14H15NO5S. The van der Waals surface area contributed by atoms with Crippen LogP contribution >= 0.6 is 11.8 Å². The third kappa shape index (κ3) is 3.98. The van der Waals surface area contributed by atoms with Gasteiger partial charge in [0.25, 0.3) is 0 Å².